The molecule has 0 radical (unpaired) electrons. The highest BCUT2D eigenvalue weighted by Crippen LogP contribution is 2.39. The van der Waals surface area contributed by atoms with Crippen molar-refractivity contribution in [1.29, 1.82) is 0 Å². The van der Waals surface area contributed by atoms with E-state index in [2.05, 4.69) is 22.5 Å². The van der Waals surface area contributed by atoms with Crippen LogP contribution in [0.5, 0.6) is 11.5 Å². The van der Waals surface area contributed by atoms with Gasteiger partial charge in [-0.25, -0.2) is 4.79 Å². The first kappa shape index (κ1) is 23.2. The molecule has 0 unspecified atom stereocenters. The summed E-state index contributed by atoms with van der Waals surface area (Å²) in [6.45, 7) is 8.22. The normalized spacial score (nSPS) is 15.5. The monoisotopic (exact) mass is 455 g/mol. The Kier molecular flexibility index (Phi) is 7.78. The molecule has 7 nitrogen and oxygen atoms in total. The lowest BCUT2D eigenvalue weighted by Crippen LogP contribution is -2.47. The first-order valence-electron chi connectivity index (χ1n) is 10.2. The Labute approximate surface area is 192 Å². The number of rotatable bonds is 9. The van der Waals surface area contributed by atoms with Crippen LogP contribution in [0.2, 0.25) is 5.02 Å². The lowest BCUT2D eigenvalue weighted by molar-refractivity contribution is -0.118. The molecule has 0 aromatic heterocycles. The average Bonchev–Trinajstić information content (AvgIpc) is 2.77. The van der Waals surface area contributed by atoms with Crippen LogP contribution in [-0.2, 0) is 11.3 Å². The summed E-state index contributed by atoms with van der Waals surface area (Å²) in [5, 5.41) is 8.71. The molecule has 2 aromatic carbocycles. The molecular formula is C24H26ClN3O4. The van der Waals surface area contributed by atoms with Crippen molar-refractivity contribution in [3.05, 3.63) is 82.5 Å². The van der Waals surface area contributed by atoms with Gasteiger partial charge >= 0.3 is 6.03 Å². The molecule has 1 aliphatic rings. The van der Waals surface area contributed by atoms with E-state index >= 15 is 0 Å². The number of nitrogens with one attached hydrogen (secondary N) is 3. The summed E-state index contributed by atoms with van der Waals surface area (Å²) in [4.78, 5) is 25.4. The van der Waals surface area contributed by atoms with Crippen molar-refractivity contribution in [2.24, 2.45) is 0 Å². The maximum absolute atomic E-state index is 13.1. The standard InChI is InChI=1S/C24H26ClN3O4/c1-4-11-32-20-13-18(25)17(12-19(20)31-5-2)22-21(15(3)27-24(30)28-22)23(29)26-14-16-9-7-6-8-10-16/h4,6-10,12-13,22H,1,5,11,14H2,2-3H3,(H,26,29)(H2,27,28,30)/t22-/m0/s1. The minimum Gasteiger partial charge on any atom is -0.490 e. The van der Waals surface area contributed by atoms with E-state index in [1.54, 1.807) is 25.1 Å². The maximum atomic E-state index is 13.1. The van der Waals surface area contributed by atoms with Crippen molar-refractivity contribution in [2.45, 2.75) is 26.4 Å². The number of ether oxygens (including phenoxy) is 2. The van der Waals surface area contributed by atoms with Crippen LogP contribution < -0.4 is 25.4 Å². The van der Waals surface area contributed by atoms with Crippen molar-refractivity contribution < 1.29 is 19.1 Å². The number of amides is 3. The van der Waals surface area contributed by atoms with Gasteiger partial charge in [0.25, 0.3) is 5.91 Å². The zero-order valence-corrected chi connectivity index (χ0v) is 18.8. The van der Waals surface area contributed by atoms with Gasteiger partial charge in [-0.2, -0.15) is 0 Å². The average molecular weight is 456 g/mol. The number of allylic oxidation sites excluding steroid dienone is 1. The van der Waals surface area contributed by atoms with E-state index in [1.165, 1.54) is 0 Å². The van der Waals surface area contributed by atoms with E-state index in [0.717, 1.165) is 5.56 Å². The number of hydrogen-bond donors (Lipinski definition) is 3. The molecule has 0 saturated carbocycles. The molecule has 0 fully saturated rings. The van der Waals surface area contributed by atoms with Crippen LogP contribution in [0.25, 0.3) is 0 Å². The van der Waals surface area contributed by atoms with Crippen molar-refractivity contribution in [3.8, 4) is 11.5 Å². The SMILES string of the molecule is C=CCOc1cc(Cl)c([C@@H]2NC(=O)NC(C)=C2C(=O)NCc2ccccc2)cc1OCC. The highest BCUT2D eigenvalue weighted by atomic mass is 35.5. The molecule has 1 atom stereocenters. The highest BCUT2D eigenvalue weighted by molar-refractivity contribution is 6.31. The second-order valence-corrected chi connectivity index (χ2v) is 7.50. The van der Waals surface area contributed by atoms with Crippen LogP contribution in [0.3, 0.4) is 0 Å². The van der Waals surface area contributed by atoms with Gasteiger partial charge in [0.1, 0.15) is 6.61 Å². The van der Waals surface area contributed by atoms with E-state index in [1.807, 2.05) is 37.3 Å². The van der Waals surface area contributed by atoms with E-state index in [-0.39, 0.29) is 12.5 Å². The number of benzene rings is 2. The molecule has 3 amide bonds. The molecule has 3 N–H and O–H groups in total. The first-order chi connectivity index (χ1) is 15.4. The van der Waals surface area contributed by atoms with E-state index in [9.17, 15) is 9.59 Å². The fraction of sp³-hybridized carbons (Fsp3) is 0.250. The quantitative estimate of drug-likeness (QED) is 0.493. The van der Waals surface area contributed by atoms with Crippen LogP contribution in [0.1, 0.15) is 31.0 Å². The Morgan fingerprint density at radius 2 is 1.94 bits per heavy atom. The van der Waals surface area contributed by atoms with Gasteiger partial charge in [-0.3, -0.25) is 4.79 Å². The summed E-state index contributed by atoms with van der Waals surface area (Å²) >= 11 is 6.56. The van der Waals surface area contributed by atoms with Gasteiger partial charge in [0.15, 0.2) is 11.5 Å². The van der Waals surface area contributed by atoms with Gasteiger partial charge in [-0.05, 0) is 25.5 Å². The first-order valence-corrected chi connectivity index (χ1v) is 10.6. The second-order valence-electron chi connectivity index (χ2n) is 7.09. The molecule has 3 rings (SSSR count). The van der Waals surface area contributed by atoms with Gasteiger partial charge in [0.2, 0.25) is 0 Å². The Hall–Kier alpha value is -3.45. The second kappa shape index (κ2) is 10.7. The van der Waals surface area contributed by atoms with Crippen LogP contribution in [0.4, 0.5) is 4.79 Å². The molecule has 1 aliphatic heterocycles. The molecule has 0 aliphatic carbocycles. The zero-order valence-electron chi connectivity index (χ0n) is 18.0. The molecule has 1 heterocycles. The van der Waals surface area contributed by atoms with Crippen LogP contribution in [0.15, 0.2) is 66.4 Å². The Balaban J connectivity index is 1.95. The molecule has 0 saturated heterocycles. The Morgan fingerprint density at radius 1 is 1.22 bits per heavy atom. The predicted octanol–water partition coefficient (Wildman–Crippen LogP) is 4.25. The Bertz CT molecular complexity index is 1040. The minimum absolute atomic E-state index is 0.284. The summed E-state index contributed by atoms with van der Waals surface area (Å²) in [7, 11) is 0. The molecule has 8 heteroatoms. The summed E-state index contributed by atoms with van der Waals surface area (Å²) in [5.41, 5.74) is 2.30. The summed E-state index contributed by atoms with van der Waals surface area (Å²) < 4.78 is 11.4. The summed E-state index contributed by atoms with van der Waals surface area (Å²) in [6.07, 6.45) is 1.62. The van der Waals surface area contributed by atoms with Crippen LogP contribution >= 0.6 is 11.6 Å². The molecule has 168 valence electrons. The third-order valence-electron chi connectivity index (χ3n) is 4.84. The molecule has 0 spiro atoms. The fourth-order valence-electron chi connectivity index (χ4n) is 3.40. The van der Waals surface area contributed by atoms with Crippen LogP contribution in [0, 0.1) is 0 Å². The molecule has 0 bridgehead atoms. The van der Waals surface area contributed by atoms with Gasteiger partial charge in [0.05, 0.1) is 23.2 Å². The lowest BCUT2D eigenvalue weighted by atomic mass is 9.94. The molecular weight excluding hydrogens is 430 g/mol. The van der Waals surface area contributed by atoms with Gasteiger partial charge in [0, 0.05) is 23.9 Å². The molecule has 2 aromatic rings. The number of carbonyl (C=O) groups is 2. The summed E-state index contributed by atoms with van der Waals surface area (Å²) in [6, 6.07) is 11.7. The predicted molar refractivity (Wildman–Crippen MR) is 124 cm³/mol. The largest absolute Gasteiger partial charge is 0.490 e. The smallest absolute Gasteiger partial charge is 0.319 e. The third kappa shape index (κ3) is 5.42. The number of halogens is 1. The van der Waals surface area contributed by atoms with Gasteiger partial charge in [-0.1, -0.05) is 54.6 Å². The molecule has 32 heavy (non-hydrogen) atoms. The topological polar surface area (TPSA) is 88.7 Å². The van der Waals surface area contributed by atoms with Gasteiger partial charge in [-0.15, -0.1) is 0 Å². The summed E-state index contributed by atoms with van der Waals surface area (Å²) in [5.74, 6) is 0.602. The van der Waals surface area contributed by atoms with Crippen molar-refractivity contribution in [2.75, 3.05) is 13.2 Å². The minimum atomic E-state index is -0.764. The number of urea groups is 1. The van der Waals surface area contributed by atoms with Crippen LogP contribution in [-0.4, -0.2) is 25.2 Å². The number of hydrogen-bond acceptors (Lipinski definition) is 4. The van der Waals surface area contributed by atoms with E-state index in [4.69, 9.17) is 21.1 Å². The number of carbonyl (C=O) groups excluding carboxylic acids is 2. The van der Waals surface area contributed by atoms with Crippen molar-refractivity contribution >= 4 is 23.5 Å². The Morgan fingerprint density at radius 3 is 2.62 bits per heavy atom. The van der Waals surface area contributed by atoms with E-state index < -0.39 is 12.1 Å². The highest BCUT2D eigenvalue weighted by Gasteiger charge is 2.33. The zero-order chi connectivity index (χ0) is 23.1. The maximum Gasteiger partial charge on any atom is 0.319 e. The van der Waals surface area contributed by atoms with Gasteiger partial charge < -0.3 is 25.4 Å². The third-order valence-corrected chi connectivity index (χ3v) is 5.17. The van der Waals surface area contributed by atoms with E-state index in [0.29, 0.717) is 46.5 Å². The lowest BCUT2D eigenvalue weighted by Gasteiger charge is -2.29. The van der Waals surface area contributed by atoms with Crippen molar-refractivity contribution in [3.63, 3.8) is 0 Å². The van der Waals surface area contributed by atoms with Crippen molar-refractivity contribution in [1.82, 2.24) is 16.0 Å². The fourth-order valence-corrected chi connectivity index (χ4v) is 3.67.